The molecule has 4 nitrogen and oxygen atoms in total. The molecule has 1 heterocycles. The first-order valence-electron chi connectivity index (χ1n) is 10.6. The number of hydrogen-bond acceptors (Lipinski definition) is 2. The van der Waals surface area contributed by atoms with Crippen LogP contribution < -0.4 is 5.32 Å². The molecule has 3 aromatic carbocycles. The number of nitrogens with one attached hydrogen (secondary N) is 2. The second-order valence-electron chi connectivity index (χ2n) is 8.26. The Kier molecular flexibility index (Phi) is 5.72. The lowest BCUT2D eigenvalue weighted by molar-refractivity contribution is -0.111. The maximum Gasteiger partial charge on any atom is 0.248 e. The molecule has 0 saturated heterocycles. The number of aryl methyl sites for hydroxylation is 2. The van der Waals surface area contributed by atoms with Crippen LogP contribution in [-0.2, 0) is 4.79 Å². The highest BCUT2D eigenvalue weighted by Crippen LogP contribution is 2.24. The Labute approximate surface area is 183 Å². The molecule has 1 amide bonds. The Bertz CT molecular complexity index is 1210. The number of carbonyl (C=O) groups excluding carboxylic acids is 1. The Morgan fingerprint density at radius 3 is 2.32 bits per heavy atom. The number of aromatic nitrogens is 2. The number of rotatable bonds is 5. The summed E-state index contributed by atoms with van der Waals surface area (Å²) in [6, 6.07) is 20.2. The Hall–Kier alpha value is -3.66. The van der Waals surface area contributed by atoms with Crippen LogP contribution in [0.4, 0.5) is 5.69 Å². The van der Waals surface area contributed by atoms with Crippen LogP contribution in [0.5, 0.6) is 0 Å². The van der Waals surface area contributed by atoms with Gasteiger partial charge in [-0.3, -0.25) is 4.79 Å². The summed E-state index contributed by atoms with van der Waals surface area (Å²) in [7, 11) is 0. The molecule has 4 heteroatoms. The third-order valence-corrected chi connectivity index (χ3v) is 5.55. The molecule has 156 valence electrons. The van der Waals surface area contributed by atoms with Gasteiger partial charge < -0.3 is 10.3 Å². The highest BCUT2D eigenvalue weighted by molar-refractivity contribution is 6.02. The first-order valence-corrected chi connectivity index (χ1v) is 10.6. The maximum atomic E-state index is 12.3. The molecule has 0 unspecified atom stereocenters. The normalized spacial score (nSPS) is 11.5. The van der Waals surface area contributed by atoms with Gasteiger partial charge in [-0.05, 0) is 84.5 Å². The molecule has 0 aliphatic rings. The number of carbonyl (C=O) groups is 1. The van der Waals surface area contributed by atoms with Crippen LogP contribution in [0.2, 0.25) is 0 Å². The summed E-state index contributed by atoms with van der Waals surface area (Å²) in [5.74, 6) is 1.16. The molecule has 31 heavy (non-hydrogen) atoms. The van der Waals surface area contributed by atoms with E-state index in [0.717, 1.165) is 33.7 Å². The lowest BCUT2D eigenvalue weighted by Crippen LogP contribution is -2.07. The average molecular weight is 410 g/mol. The Morgan fingerprint density at radius 2 is 1.65 bits per heavy atom. The molecule has 0 saturated carbocycles. The van der Waals surface area contributed by atoms with Gasteiger partial charge in [-0.1, -0.05) is 38.1 Å². The third-order valence-electron chi connectivity index (χ3n) is 5.55. The number of benzene rings is 3. The second kappa shape index (κ2) is 8.60. The van der Waals surface area contributed by atoms with E-state index in [4.69, 9.17) is 4.98 Å². The Morgan fingerprint density at radius 1 is 0.968 bits per heavy atom. The molecule has 0 spiro atoms. The van der Waals surface area contributed by atoms with E-state index in [1.165, 1.54) is 16.7 Å². The predicted molar refractivity (Wildman–Crippen MR) is 129 cm³/mol. The SMILES string of the molecule is Cc1cc2nc(-c3ccc(NC(=O)/C=C/c4ccc(C(C)C)cc4)cc3)[nH]c2cc1C. The summed E-state index contributed by atoms with van der Waals surface area (Å²) in [6.45, 7) is 8.52. The van der Waals surface area contributed by atoms with Crippen LogP contribution >= 0.6 is 0 Å². The largest absolute Gasteiger partial charge is 0.338 e. The van der Waals surface area contributed by atoms with E-state index >= 15 is 0 Å². The molecular weight excluding hydrogens is 382 g/mol. The van der Waals surface area contributed by atoms with Crippen LogP contribution in [0.15, 0.2) is 66.7 Å². The van der Waals surface area contributed by atoms with Crippen LogP contribution in [-0.4, -0.2) is 15.9 Å². The molecular formula is C27H27N3O. The van der Waals surface area contributed by atoms with Gasteiger partial charge >= 0.3 is 0 Å². The molecule has 0 atom stereocenters. The monoisotopic (exact) mass is 409 g/mol. The van der Waals surface area contributed by atoms with Gasteiger partial charge in [-0.2, -0.15) is 0 Å². The Balaban J connectivity index is 1.43. The van der Waals surface area contributed by atoms with E-state index < -0.39 is 0 Å². The summed E-state index contributed by atoms with van der Waals surface area (Å²) in [5, 5.41) is 2.91. The van der Waals surface area contributed by atoms with Crippen molar-refractivity contribution >= 4 is 28.7 Å². The fraction of sp³-hybridized carbons (Fsp3) is 0.185. The van der Waals surface area contributed by atoms with Gasteiger partial charge in [0.1, 0.15) is 5.82 Å². The molecule has 0 radical (unpaired) electrons. The summed E-state index contributed by atoms with van der Waals surface area (Å²) < 4.78 is 0. The molecule has 0 aliphatic heterocycles. The van der Waals surface area contributed by atoms with Crippen LogP contribution in [0.1, 0.15) is 42.0 Å². The van der Waals surface area contributed by atoms with Crippen molar-refractivity contribution in [2.75, 3.05) is 5.32 Å². The van der Waals surface area contributed by atoms with E-state index in [1.54, 1.807) is 6.08 Å². The third kappa shape index (κ3) is 4.75. The smallest absolute Gasteiger partial charge is 0.248 e. The van der Waals surface area contributed by atoms with Crippen LogP contribution in [0, 0.1) is 13.8 Å². The van der Waals surface area contributed by atoms with E-state index in [2.05, 4.69) is 62.3 Å². The standard InChI is InChI=1S/C27H27N3O/c1-17(2)21-8-5-20(6-9-21)7-14-26(31)28-23-12-10-22(11-13-23)27-29-24-15-18(3)19(4)16-25(24)30-27/h5-17H,1-4H3,(H,28,31)(H,29,30)/b14-7+. The first-order chi connectivity index (χ1) is 14.9. The van der Waals surface area contributed by atoms with Crippen molar-refractivity contribution in [3.8, 4) is 11.4 Å². The number of fused-ring (bicyclic) bond motifs is 1. The van der Waals surface area contributed by atoms with Crippen molar-refractivity contribution in [2.24, 2.45) is 0 Å². The van der Waals surface area contributed by atoms with Crippen molar-refractivity contribution in [3.05, 3.63) is 89.0 Å². The number of imidazole rings is 1. The zero-order chi connectivity index (χ0) is 22.0. The second-order valence-corrected chi connectivity index (χ2v) is 8.26. The van der Waals surface area contributed by atoms with E-state index in [1.807, 2.05) is 42.5 Å². The number of aromatic amines is 1. The lowest BCUT2D eigenvalue weighted by Gasteiger charge is -2.05. The zero-order valence-corrected chi connectivity index (χ0v) is 18.4. The summed E-state index contributed by atoms with van der Waals surface area (Å²) in [4.78, 5) is 20.4. The van der Waals surface area contributed by atoms with Gasteiger partial charge in [-0.15, -0.1) is 0 Å². The number of nitrogens with zero attached hydrogens (tertiary/aromatic N) is 1. The topological polar surface area (TPSA) is 57.8 Å². The highest BCUT2D eigenvalue weighted by Gasteiger charge is 2.07. The fourth-order valence-corrected chi connectivity index (χ4v) is 3.47. The molecule has 4 rings (SSSR count). The van der Waals surface area contributed by atoms with Gasteiger partial charge in [0.15, 0.2) is 0 Å². The number of anilines is 1. The van der Waals surface area contributed by atoms with Gasteiger partial charge in [0.25, 0.3) is 0 Å². The van der Waals surface area contributed by atoms with Crippen molar-refractivity contribution < 1.29 is 4.79 Å². The van der Waals surface area contributed by atoms with Gasteiger partial charge in [-0.25, -0.2) is 4.98 Å². The summed E-state index contributed by atoms with van der Waals surface area (Å²) >= 11 is 0. The molecule has 2 N–H and O–H groups in total. The minimum Gasteiger partial charge on any atom is -0.338 e. The van der Waals surface area contributed by atoms with Crippen molar-refractivity contribution in [3.63, 3.8) is 0 Å². The number of hydrogen-bond donors (Lipinski definition) is 2. The lowest BCUT2D eigenvalue weighted by atomic mass is 10.0. The number of H-pyrrole nitrogens is 1. The van der Waals surface area contributed by atoms with Crippen LogP contribution in [0.3, 0.4) is 0 Å². The van der Waals surface area contributed by atoms with Crippen molar-refractivity contribution in [1.82, 2.24) is 9.97 Å². The average Bonchev–Trinajstić information content (AvgIpc) is 3.16. The van der Waals surface area contributed by atoms with E-state index in [0.29, 0.717) is 5.92 Å². The molecule has 0 bridgehead atoms. The highest BCUT2D eigenvalue weighted by atomic mass is 16.1. The zero-order valence-electron chi connectivity index (χ0n) is 18.4. The van der Waals surface area contributed by atoms with Crippen molar-refractivity contribution in [2.45, 2.75) is 33.6 Å². The fourth-order valence-electron chi connectivity index (χ4n) is 3.47. The predicted octanol–water partition coefficient (Wildman–Crippen LogP) is 6.62. The molecule has 4 aromatic rings. The molecule has 0 fully saturated rings. The van der Waals surface area contributed by atoms with Crippen molar-refractivity contribution in [1.29, 1.82) is 0 Å². The summed E-state index contributed by atoms with van der Waals surface area (Å²) in [6.07, 6.45) is 3.38. The van der Waals surface area contributed by atoms with Gasteiger partial charge in [0, 0.05) is 17.3 Å². The van der Waals surface area contributed by atoms with Gasteiger partial charge in [0.05, 0.1) is 11.0 Å². The maximum absolute atomic E-state index is 12.3. The number of amides is 1. The van der Waals surface area contributed by atoms with E-state index in [-0.39, 0.29) is 5.91 Å². The van der Waals surface area contributed by atoms with E-state index in [9.17, 15) is 4.79 Å². The van der Waals surface area contributed by atoms with Gasteiger partial charge in [0.2, 0.25) is 5.91 Å². The van der Waals surface area contributed by atoms with Crippen LogP contribution in [0.25, 0.3) is 28.5 Å². The summed E-state index contributed by atoms with van der Waals surface area (Å²) in [5.41, 5.74) is 8.48. The minimum atomic E-state index is -0.157. The first kappa shape index (κ1) is 20.6. The molecule has 0 aliphatic carbocycles. The molecule has 1 aromatic heterocycles. The quantitative estimate of drug-likeness (QED) is 0.364. The minimum absolute atomic E-state index is 0.157.